The molecule has 1 amide bonds. The predicted octanol–water partition coefficient (Wildman–Crippen LogP) is 6.91. The third-order valence-corrected chi connectivity index (χ3v) is 7.33. The van der Waals surface area contributed by atoms with Gasteiger partial charge in [-0.3, -0.25) is 0 Å². The van der Waals surface area contributed by atoms with E-state index < -0.39 is 6.09 Å². The number of carboxylic acid groups (broad SMARTS) is 1. The van der Waals surface area contributed by atoms with Gasteiger partial charge in [0.05, 0.1) is 10.5 Å². The fraction of sp³-hybridized carbons (Fsp3) is 0.222. The van der Waals surface area contributed by atoms with E-state index in [-0.39, 0.29) is 11.8 Å². The van der Waals surface area contributed by atoms with E-state index in [4.69, 9.17) is 23.2 Å². The van der Waals surface area contributed by atoms with Gasteiger partial charge in [0.25, 0.3) is 0 Å². The molecule has 6 nitrogen and oxygen atoms in total. The molecular weight excluding hydrogens is 485 g/mol. The first-order chi connectivity index (χ1) is 16.9. The molecule has 5 rings (SSSR count). The first-order valence-corrected chi connectivity index (χ1v) is 12.2. The third kappa shape index (κ3) is 4.64. The Morgan fingerprint density at radius 2 is 1.77 bits per heavy atom. The van der Waals surface area contributed by atoms with Crippen LogP contribution < -0.4 is 0 Å². The van der Waals surface area contributed by atoms with Crippen molar-refractivity contribution in [1.29, 1.82) is 0 Å². The van der Waals surface area contributed by atoms with Gasteiger partial charge in [0, 0.05) is 35.8 Å². The van der Waals surface area contributed by atoms with Gasteiger partial charge in [-0.05, 0) is 60.1 Å². The van der Waals surface area contributed by atoms with Gasteiger partial charge in [-0.15, -0.1) is 0 Å². The number of aromatic hydroxyl groups is 1. The minimum Gasteiger partial charge on any atom is -0.493 e. The summed E-state index contributed by atoms with van der Waals surface area (Å²) in [7, 11) is 0. The van der Waals surface area contributed by atoms with Crippen LogP contribution in [0.2, 0.25) is 10.2 Å². The van der Waals surface area contributed by atoms with E-state index in [0.29, 0.717) is 40.8 Å². The predicted molar refractivity (Wildman–Crippen MR) is 138 cm³/mol. The van der Waals surface area contributed by atoms with Gasteiger partial charge in [-0.1, -0.05) is 59.6 Å². The summed E-state index contributed by atoms with van der Waals surface area (Å²) >= 11 is 13.4. The second-order valence-electron chi connectivity index (χ2n) is 8.77. The average Bonchev–Trinajstić information content (AvgIpc) is 2.86. The van der Waals surface area contributed by atoms with Crippen LogP contribution in [-0.2, 0) is 6.42 Å². The summed E-state index contributed by atoms with van der Waals surface area (Å²) in [4.78, 5) is 21.4. The molecule has 2 aromatic heterocycles. The molecule has 4 aromatic rings. The number of rotatable bonds is 4. The van der Waals surface area contributed by atoms with Crippen molar-refractivity contribution in [3.05, 3.63) is 76.5 Å². The van der Waals surface area contributed by atoms with Gasteiger partial charge in [0.15, 0.2) is 0 Å². The molecule has 0 spiro atoms. The van der Waals surface area contributed by atoms with Crippen molar-refractivity contribution >= 4 is 40.2 Å². The molecule has 35 heavy (non-hydrogen) atoms. The van der Waals surface area contributed by atoms with Gasteiger partial charge < -0.3 is 15.1 Å². The fourth-order valence-electron chi connectivity index (χ4n) is 4.78. The minimum absolute atomic E-state index is 0.00596. The summed E-state index contributed by atoms with van der Waals surface area (Å²) in [5.74, 6) is 0.252. The quantitative estimate of drug-likeness (QED) is 0.293. The lowest BCUT2D eigenvalue weighted by Gasteiger charge is -2.30. The monoisotopic (exact) mass is 507 g/mol. The lowest BCUT2D eigenvalue weighted by atomic mass is 9.87. The zero-order valence-corrected chi connectivity index (χ0v) is 20.3. The molecule has 0 aliphatic carbocycles. The Labute approximate surface area is 212 Å². The molecule has 3 heterocycles. The molecule has 8 heteroatoms. The van der Waals surface area contributed by atoms with Crippen molar-refractivity contribution < 1.29 is 15.0 Å². The SMILES string of the molecule is O=C(O)N1CCC(Cc2c(-c3ccc4nc(Cl)c(-c5ccccc5)c(Cl)c4c3)ccnc2O)CC1. The van der Waals surface area contributed by atoms with Crippen LogP contribution in [-0.4, -0.2) is 44.3 Å². The molecule has 2 aromatic carbocycles. The Kier molecular flexibility index (Phi) is 6.50. The van der Waals surface area contributed by atoms with Gasteiger partial charge in [0.1, 0.15) is 5.15 Å². The van der Waals surface area contributed by atoms with Crippen LogP contribution in [0.3, 0.4) is 0 Å². The largest absolute Gasteiger partial charge is 0.493 e. The number of fused-ring (bicyclic) bond motifs is 1. The maximum atomic E-state index is 11.2. The summed E-state index contributed by atoms with van der Waals surface area (Å²) in [6, 6.07) is 17.3. The summed E-state index contributed by atoms with van der Waals surface area (Å²) in [5.41, 5.74) is 4.76. The Morgan fingerprint density at radius 3 is 2.49 bits per heavy atom. The number of nitrogens with zero attached hydrogens (tertiary/aromatic N) is 3. The Balaban J connectivity index is 1.53. The maximum absolute atomic E-state index is 11.2. The van der Waals surface area contributed by atoms with E-state index in [1.54, 1.807) is 6.20 Å². The van der Waals surface area contributed by atoms with E-state index in [2.05, 4.69) is 9.97 Å². The number of likely N-dealkylation sites (tertiary alicyclic amines) is 1. The molecule has 1 saturated heterocycles. The number of carbonyl (C=O) groups is 1. The lowest BCUT2D eigenvalue weighted by Crippen LogP contribution is -2.37. The van der Waals surface area contributed by atoms with Crippen molar-refractivity contribution in [3.8, 4) is 28.1 Å². The topological polar surface area (TPSA) is 86.5 Å². The lowest BCUT2D eigenvalue weighted by molar-refractivity contribution is 0.124. The number of benzene rings is 2. The van der Waals surface area contributed by atoms with Crippen molar-refractivity contribution in [2.24, 2.45) is 5.92 Å². The first kappa shape index (κ1) is 23.4. The smallest absolute Gasteiger partial charge is 0.407 e. The Hall–Kier alpha value is -3.35. The van der Waals surface area contributed by atoms with E-state index >= 15 is 0 Å². The highest BCUT2D eigenvalue weighted by Crippen LogP contribution is 2.40. The van der Waals surface area contributed by atoms with E-state index in [0.717, 1.165) is 40.5 Å². The van der Waals surface area contributed by atoms with E-state index in [1.165, 1.54) is 4.90 Å². The second-order valence-corrected chi connectivity index (χ2v) is 9.50. The zero-order chi connectivity index (χ0) is 24.5. The fourth-order valence-corrected chi connectivity index (χ4v) is 5.48. The number of halogens is 2. The zero-order valence-electron chi connectivity index (χ0n) is 18.8. The minimum atomic E-state index is -0.884. The first-order valence-electron chi connectivity index (χ1n) is 11.4. The summed E-state index contributed by atoms with van der Waals surface area (Å²) in [5, 5.41) is 21.5. The van der Waals surface area contributed by atoms with Crippen LogP contribution in [0.1, 0.15) is 18.4 Å². The van der Waals surface area contributed by atoms with Crippen LogP contribution in [0.15, 0.2) is 60.8 Å². The van der Waals surface area contributed by atoms with Crippen LogP contribution in [0.4, 0.5) is 4.79 Å². The number of hydrogen-bond donors (Lipinski definition) is 2. The third-order valence-electron chi connectivity index (χ3n) is 6.66. The Morgan fingerprint density at radius 1 is 1.03 bits per heavy atom. The number of aromatic nitrogens is 2. The highest BCUT2D eigenvalue weighted by molar-refractivity contribution is 6.42. The molecule has 1 fully saturated rings. The van der Waals surface area contributed by atoms with Crippen molar-refractivity contribution in [1.82, 2.24) is 14.9 Å². The molecule has 0 unspecified atom stereocenters. The van der Waals surface area contributed by atoms with Crippen LogP contribution >= 0.6 is 23.2 Å². The van der Waals surface area contributed by atoms with Gasteiger partial charge in [0.2, 0.25) is 5.88 Å². The molecule has 0 bridgehead atoms. The number of amides is 1. The summed E-state index contributed by atoms with van der Waals surface area (Å²) < 4.78 is 0. The molecule has 0 radical (unpaired) electrons. The molecule has 0 saturated carbocycles. The highest BCUT2D eigenvalue weighted by Gasteiger charge is 2.25. The molecule has 1 aliphatic rings. The summed E-state index contributed by atoms with van der Waals surface area (Å²) in [6.45, 7) is 0.993. The normalized spacial score (nSPS) is 14.4. The van der Waals surface area contributed by atoms with E-state index in [1.807, 2.05) is 54.6 Å². The van der Waals surface area contributed by atoms with Gasteiger partial charge in [-0.2, -0.15) is 0 Å². The van der Waals surface area contributed by atoms with Crippen LogP contribution in [0.25, 0.3) is 33.2 Å². The molecule has 2 N–H and O–H groups in total. The average molecular weight is 508 g/mol. The highest BCUT2D eigenvalue weighted by atomic mass is 35.5. The molecule has 178 valence electrons. The van der Waals surface area contributed by atoms with Crippen LogP contribution in [0.5, 0.6) is 5.88 Å². The molecular formula is C27H23Cl2N3O3. The van der Waals surface area contributed by atoms with Gasteiger partial charge >= 0.3 is 6.09 Å². The summed E-state index contributed by atoms with van der Waals surface area (Å²) in [6.07, 6.45) is 2.80. The van der Waals surface area contributed by atoms with E-state index in [9.17, 15) is 15.0 Å². The number of pyridine rings is 2. The van der Waals surface area contributed by atoms with Gasteiger partial charge in [-0.25, -0.2) is 14.8 Å². The van der Waals surface area contributed by atoms with Crippen molar-refractivity contribution in [2.75, 3.05) is 13.1 Å². The standard InChI is InChI=1S/C27H23Cl2N3O3/c28-24-21-15-18(6-7-22(21)31-25(29)23(24)17-4-2-1-3-5-17)19-8-11-30-26(33)20(19)14-16-9-12-32(13-10-16)27(34)35/h1-8,11,15-16H,9-10,12-14H2,(H,30,33)(H,34,35). The molecule has 1 aliphatic heterocycles. The molecule has 0 atom stereocenters. The van der Waals surface area contributed by atoms with Crippen molar-refractivity contribution in [2.45, 2.75) is 19.3 Å². The number of hydrogen-bond acceptors (Lipinski definition) is 4. The second kappa shape index (κ2) is 9.72. The van der Waals surface area contributed by atoms with Crippen LogP contribution in [0, 0.1) is 5.92 Å². The van der Waals surface area contributed by atoms with Crippen molar-refractivity contribution in [3.63, 3.8) is 0 Å². The Bertz CT molecular complexity index is 1400. The number of piperidine rings is 1. The maximum Gasteiger partial charge on any atom is 0.407 e.